The number of carbonyl (C=O) groups is 1. The number of nitrogens with one attached hydrogen (secondary N) is 2. The molecule has 0 saturated carbocycles. The van der Waals surface area contributed by atoms with Crippen LogP contribution in [-0.2, 0) is 6.54 Å². The monoisotopic (exact) mass is 391 g/mol. The van der Waals surface area contributed by atoms with E-state index in [2.05, 4.69) is 15.7 Å². The quantitative estimate of drug-likeness (QED) is 0.546. The summed E-state index contributed by atoms with van der Waals surface area (Å²) in [6, 6.07) is 18.2. The first kappa shape index (κ1) is 20.3. The van der Waals surface area contributed by atoms with Crippen molar-refractivity contribution in [1.29, 1.82) is 0 Å². The van der Waals surface area contributed by atoms with Gasteiger partial charge in [-0.2, -0.15) is 5.10 Å². The van der Waals surface area contributed by atoms with E-state index >= 15 is 0 Å². The van der Waals surface area contributed by atoms with Crippen LogP contribution in [-0.4, -0.2) is 35.3 Å². The summed E-state index contributed by atoms with van der Waals surface area (Å²) in [6.07, 6.45) is 0. The summed E-state index contributed by atoms with van der Waals surface area (Å²) in [5.74, 6) is -0.189. The van der Waals surface area contributed by atoms with E-state index in [0.717, 1.165) is 23.4 Å². The fraction of sp³-hybridized carbons (Fsp3) is 0.227. The lowest BCUT2D eigenvalue weighted by molar-refractivity contribution is 0.0955. The van der Waals surface area contributed by atoms with Crippen molar-refractivity contribution < 1.29 is 4.79 Å². The van der Waals surface area contributed by atoms with E-state index < -0.39 is 0 Å². The van der Waals surface area contributed by atoms with Crippen molar-refractivity contribution in [3.8, 4) is 11.3 Å². The van der Waals surface area contributed by atoms with Crippen LogP contribution in [0.5, 0.6) is 0 Å². The second-order valence-electron chi connectivity index (χ2n) is 6.57. The molecule has 0 atom stereocenters. The number of rotatable bonds is 8. The van der Waals surface area contributed by atoms with Gasteiger partial charge in [-0.1, -0.05) is 24.3 Å². The molecule has 29 heavy (non-hydrogen) atoms. The molecule has 0 spiro atoms. The number of nitrogens with zero attached hydrogens (tertiary/aromatic N) is 2. The summed E-state index contributed by atoms with van der Waals surface area (Å²) < 4.78 is 1.43. The Hall–Kier alpha value is -3.45. The standard InChI is InChI=1S/C22H25N5O2/c1-2-24-19-8-3-5-16(13-19)15-27-21(28)10-9-20(26-27)17-6-4-7-18(14-17)22(29)25-12-11-23/h3-10,13-14,24H,2,11-12,15,23H2,1H3,(H,25,29). The Morgan fingerprint density at radius 2 is 1.93 bits per heavy atom. The Morgan fingerprint density at radius 3 is 2.72 bits per heavy atom. The Morgan fingerprint density at radius 1 is 1.10 bits per heavy atom. The van der Waals surface area contributed by atoms with Crippen molar-refractivity contribution in [3.05, 3.63) is 82.1 Å². The summed E-state index contributed by atoms with van der Waals surface area (Å²) in [6.45, 7) is 4.02. The van der Waals surface area contributed by atoms with Crippen molar-refractivity contribution in [2.24, 2.45) is 5.73 Å². The maximum Gasteiger partial charge on any atom is 0.267 e. The third-order valence-corrected chi connectivity index (χ3v) is 4.36. The van der Waals surface area contributed by atoms with E-state index in [0.29, 0.717) is 30.9 Å². The summed E-state index contributed by atoms with van der Waals surface area (Å²) in [5.41, 5.74) is 9.15. The number of aromatic nitrogens is 2. The molecule has 1 aromatic heterocycles. The SMILES string of the molecule is CCNc1cccc(Cn2nc(-c3cccc(C(=O)NCCN)c3)ccc2=O)c1. The van der Waals surface area contributed by atoms with Gasteiger partial charge in [0, 0.05) is 42.5 Å². The summed E-state index contributed by atoms with van der Waals surface area (Å²) in [5, 5.41) is 10.5. The van der Waals surface area contributed by atoms with Crippen LogP contribution in [0.15, 0.2) is 65.5 Å². The number of carbonyl (C=O) groups excluding carboxylic acids is 1. The first-order valence-electron chi connectivity index (χ1n) is 9.60. The Bertz CT molecular complexity index is 1050. The summed E-state index contributed by atoms with van der Waals surface area (Å²) in [7, 11) is 0. The predicted molar refractivity (Wildman–Crippen MR) is 115 cm³/mol. The molecule has 1 amide bonds. The van der Waals surface area contributed by atoms with Crippen molar-refractivity contribution in [2.75, 3.05) is 25.0 Å². The van der Waals surface area contributed by atoms with Crippen LogP contribution in [0.25, 0.3) is 11.3 Å². The van der Waals surface area contributed by atoms with Crippen LogP contribution in [0.2, 0.25) is 0 Å². The highest BCUT2D eigenvalue weighted by atomic mass is 16.1. The van der Waals surface area contributed by atoms with Crippen molar-refractivity contribution in [2.45, 2.75) is 13.5 Å². The largest absolute Gasteiger partial charge is 0.385 e. The molecular weight excluding hydrogens is 366 g/mol. The minimum Gasteiger partial charge on any atom is -0.385 e. The van der Waals surface area contributed by atoms with Crippen LogP contribution < -0.4 is 21.9 Å². The van der Waals surface area contributed by atoms with Crippen LogP contribution in [0.1, 0.15) is 22.8 Å². The van der Waals surface area contributed by atoms with Crippen molar-refractivity contribution in [1.82, 2.24) is 15.1 Å². The number of hydrogen-bond donors (Lipinski definition) is 3. The lowest BCUT2D eigenvalue weighted by Crippen LogP contribution is -2.29. The van der Waals surface area contributed by atoms with E-state index in [1.165, 1.54) is 10.7 Å². The number of anilines is 1. The number of hydrogen-bond acceptors (Lipinski definition) is 5. The highest BCUT2D eigenvalue weighted by molar-refractivity contribution is 5.95. The first-order chi connectivity index (χ1) is 14.1. The zero-order valence-electron chi connectivity index (χ0n) is 16.4. The van der Waals surface area contributed by atoms with E-state index in [-0.39, 0.29) is 11.5 Å². The zero-order chi connectivity index (χ0) is 20.6. The first-order valence-corrected chi connectivity index (χ1v) is 9.60. The van der Waals surface area contributed by atoms with Crippen LogP contribution in [0.4, 0.5) is 5.69 Å². The fourth-order valence-corrected chi connectivity index (χ4v) is 2.98. The van der Waals surface area contributed by atoms with E-state index in [4.69, 9.17) is 5.73 Å². The smallest absolute Gasteiger partial charge is 0.267 e. The van der Waals surface area contributed by atoms with Gasteiger partial charge >= 0.3 is 0 Å². The molecular formula is C22H25N5O2. The molecule has 0 radical (unpaired) electrons. The lowest BCUT2D eigenvalue weighted by Gasteiger charge is -2.10. The molecule has 7 heteroatoms. The number of nitrogens with two attached hydrogens (primary N) is 1. The summed E-state index contributed by atoms with van der Waals surface area (Å²) >= 11 is 0. The zero-order valence-corrected chi connectivity index (χ0v) is 16.4. The maximum absolute atomic E-state index is 12.3. The van der Waals surface area contributed by atoms with Gasteiger partial charge in [-0.15, -0.1) is 0 Å². The third kappa shape index (κ3) is 5.30. The molecule has 7 nitrogen and oxygen atoms in total. The van der Waals surface area contributed by atoms with Gasteiger partial charge in [0.1, 0.15) is 0 Å². The lowest BCUT2D eigenvalue weighted by atomic mass is 10.1. The topological polar surface area (TPSA) is 102 Å². The van der Waals surface area contributed by atoms with Gasteiger partial charge in [0.25, 0.3) is 11.5 Å². The molecule has 3 rings (SSSR count). The average molecular weight is 391 g/mol. The molecule has 0 aliphatic heterocycles. The minimum absolute atomic E-state index is 0.181. The second-order valence-corrected chi connectivity index (χ2v) is 6.57. The Kier molecular flexibility index (Phi) is 6.76. The molecule has 3 aromatic rings. The molecule has 150 valence electrons. The fourth-order valence-electron chi connectivity index (χ4n) is 2.98. The molecule has 0 saturated heterocycles. The van der Waals surface area contributed by atoms with Gasteiger partial charge in [0.2, 0.25) is 0 Å². The maximum atomic E-state index is 12.3. The molecule has 0 aliphatic rings. The van der Waals surface area contributed by atoms with E-state index in [1.807, 2.05) is 37.3 Å². The third-order valence-electron chi connectivity index (χ3n) is 4.36. The predicted octanol–water partition coefficient (Wildman–Crippen LogP) is 2.08. The Balaban J connectivity index is 1.87. The van der Waals surface area contributed by atoms with Crippen LogP contribution in [0, 0.1) is 0 Å². The van der Waals surface area contributed by atoms with E-state index in [9.17, 15) is 9.59 Å². The van der Waals surface area contributed by atoms with Gasteiger partial charge in [-0.3, -0.25) is 9.59 Å². The Labute approximate surface area is 169 Å². The normalized spacial score (nSPS) is 10.6. The summed E-state index contributed by atoms with van der Waals surface area (Å²) in [4.78, 5) is 24.5. The number of amides is 1. The van der Waals surface area contributed by atoms with Gasteiger partial charge in [0.15, 0.2) is 0 Å². The highest BCUT2D eigenvalue weighted by Crippen LogP contribution is 2.18. The van der Waals surface area contributed by atoms with Gasteiger partial charge in [-0.25, -0.2) is 4.68 Å². The minimum atomic E-state index is -0.189. The molecule has 0 bridgehead atoms. The van der Waals surface area contributed by atoms with Gasteiger partial charge in [0.05, 0.1) is 12.2 Å². The molecule has 4 N–H and O–H groups in total. The second kappa shape index (κ2) is 9.66. The van der Waals surface area contributed by atoms with Crippen LogP contribution in [0.3, 0.4) is 0 Å². The van der Waals surface area contributed by atoms with E-state index in [1.54, 1.807) is 24.3 Å². The van der Waals surface area contributed by atoms with Crippen molar-refractivity contribution in [3.63, 3.8) is 0 Å². The molecule has 0 aliphatic carbocycles. The van der Waals surface area contributed by atoms with Crippen LogP contribution >= 0.6 is 0 Å². The van der Waals surface area contributed by atoms with Gasteiger partial charge < -0.3 is 16.4 Å². The molecule has 1 heterocycles. The molecule has 2 aromatic carbocycles. The highest BCUT2D eigenvalue weighted by Gasteiger charge is 2.09. The average Bonchev–Trinajstić information content (AvgIpc) is 2.74. The molecule has 0 fully saturated rings. The van der Waals surface area contributed by atoms with Gasteiger partial charge in [-0.05, 0) is 42.8 Å². The molecule has 0 unspecified atom stereocenters. The van der Waals surface area contributed by atoms with Crippen molar-refractivity contribution >= 4 is 11.6 Å². The number of benzene rings is 2.